The van der Waals surface area contributed by atoms with Gasteiger partial charge in [-0.15, -0.1) is 0 Å². The van der Waals surface area contributed by atoms with Crippen molar-refractivity contribution in [3.8, 4) is 0 Å². The Kier molecular flexibility index (Phi) is 4.95. The van der Waals surface area contributed by atoms with Crippen LogP contribution < -0.4 is 10.9 Å². The number of aryl methyl sites for hydroxylation is 2. The fraction of sp³-hybridized carbons (Fsp3) is 0.400. The number of fused-ring (bicyclic) bond motifs is 1. The Morgan fingerprint density at radius 2 is 2.14 bits per heavy atom. The Labute approximate surface area is 161 Å². The Balaban J connectivity index is 1.44. The Morgan fingerprint density at radius 1 is 1.36 bits per heavy atom. The van der Waals surface area contributed by atoms with Crippen LogP contribution in [0.2, 0.25) is 0 Å². The molecule has 0 bridgehead atoms. The monoisotopic (exact) mass is 381 g/mol. The van der Waals surface area contributed by atoms with E-state index in [1.807, 2.05) is 19.3 Å². The summed E-state index contributed by atoms with van der Waals surface area (Å²) in [5, 5.41) is 17.4. The first-order chi connectivity index (χ1) is 13.5. The summed E-state index contributed by atoms with van der Waals surface area (Å²) >= 11 is 0. The van der Waals surface area contributed by atoms with E-state index in [2.05, 4.69) is 15.4 Å². The fourth-order valence-corrected chi connectivity index (χ4v) is 3.71. The number of benzene rings is 1. The van der Waals surface area contributed by atoms with Crippen LogP contribution in [0.25, 0.3) is 10.9 Å². The number of carbonyl (C=O) groups excluding carboxylic acids is 1. The minimum atomic E-state index is -0.302. The molecule has 2 N–H and O–H groups in total. The minimum absolute atomic E-state index is 0.143. The number of hydrogen-bond acceptors (Lipinski definition) is 5. The molecule has 1 unspecified atom stereocenters. The number of rotatable bonds is 6. The number of amides is 1. The van der Waals surface area contributed by atoms with Gasteiger partial charge in [-0.25, -0.2) is 4.98 Å². The Hall–Kier alpha value is -3.00. The molecule has 4 rings (SSSR count). The van der Waals surface area contributed by atoms with E-state index in [1.54, 1.807) is 29.1 Å². The van der Waals surface area contributed by atoms with Crippen LogP contribution in [-0.2, 0) is 18.4 Å². The molecule has 0 radical (unpaired) electrons. The van der Waals surface area contributed by atoms with E-state index in [1.165, 1.54) is 10.9 Å². The lowest BCUT2D eigenvalue weighted by atomic mass is 9.75. The van der Waals surface area contributed by atoms with Crippen LogP contribution in [0.1, 0.15) is 30.9 Å². The smallest absolute Gasteiger partial charge is 0.261 e. The SMILES string of the molecule is Cn1cc(C(NC(=O)CCn2cnc3ccccc3c2=O)C2CC(O)C2)cn1. The number of aliphatic hydroxyl groups is 1. The van der Waals surface area contributed by atoms with E-state index in [0.717, 1.165) is 5.56 Å². The largest absolute Gasteiger partial charge is 0.393 e. The normalized spacial score (nSPS) is 19.9. The molecule has 0 aliphatic heterocycles. The van der Waals surface area contributed by atoms with Crippen LogP contribution in [-0.4, -0.2) is 36.4 Å². The van der Waals surface area contributed by atoms with Crippen molar-refractivity contribution in [2.75, 3.05) is 0 Å². The van der Waals surface area contributed by atoms with E-state index < -0.39 is 0 Å². The molecule has 8 heteroatoms. The summed E-state index contributed by atoms with van der Waals surface area (Å²) in [6.45, 7) is 0.259. The quantitative estimate of drug-likeness (QED) is 0.667. The average Bonchev–Trinajstić information content (AvgIpc) is 3.10. The average molecular weight is 381 g/mol. The molecule has 2 aromatic heterocycles. The van der Waals surface area contributed by atoms with E-state index in [9.17, 15) is 14.7 Å². The highest BCUT2D eigenvalue weighted by atomic mass is 16.3. The summed E-state index contributed by atoms with van der Waals surface area (Å²) in [5.74, 6) is 0.0449. The zero-order valence-electron chi connectivity index (χ0n) is 15.7. The van der Waals surface area contributed by atoms with Gasteiger partial charge in [0, 0.05) is 31.8 Å². The number of nitrogens with one attached hydrogen (secondary N) is 1. The summed E-state index contributed by atoms with van der Waals surface area (Å²) < 4.78 is 3.16. The van der Waals surface area contributed by atoms with E-state index in [4.69, 9.17) is 0 Å². The van der Waals surface area contributed by atoms with E-state index in [0.29, 0.717) is 23.7 Å². The van der Waals surface area contributed by atoms with Gasteiger partial charge < -0.3 is 10.4 Å². The van der Waals surface area contributed by atoms with Crippen LogP contribution in [0.5, 0.6) is 0 Å². The lowest BCUT2D eigenvalue weighted by Gasteiger charge is -2.37. The molecule has 1 amide bonds. The number of aliphatic hydroxyl groups excluding tert-OH is 1. The number of carbonyl (C=O) groups is 1. The van der Waals surface area contributed by atoms with Crippen LogP contribution in [0.3, 0.4) is 0 Å². The molecule has 1 atom stereocenters. The van der Waals surface area contributed by atoms with Crippen molar-refractivity contribution >= 4 is 16.8 Å². The highest BCUT2D eigenvalue weighted by molar-refractivity contribution is 5.77. The molecule has 1 aliphatic rings. The topological polar surface area (TPSA) is 102 Å². The maximum atomic E-state index is 12.6. The summed E-state index contributed by atoms with van der Waals surface area (Å²) in [6, 6.07) is 6.98. The molecule has 1 fully saturated rings. The summed E-state index contributed by atoms with van der Waals surface area (Å²) in [4.78, 5) is 29.4. The maximum absolute atomic E-state index is 12.6. The number of nitrogens with zero attached hydrogens (tertiary/aromatic N) is 4. The zero-order valence-corrected chi connectivity index (χ0v) is 15.7. The van der Waals surface area contributed by atoms with E-state index >= 15 is 0 Å². The van der Waals surface area contributed by atoms with Crippen molar-refractivity contribution in [2.45, 2.75) is 38.0 Å². The lowest BCUT2D eigenvalue weighted by Crippen LogP contribution is -2.41. The minimum Gasteiger partial charge on any atom is -0.393 e. The van der Waals surface area contributed by atoms with Gasteiger partial charge in [-0.3, -0.25) is 18.8 Å². The molecule has 3 aromatic rings. The number of para-hydroxylation sites is 1. The van der Waals surface area contributed by atoms with Crippen molar-refractivity contribution < 1.29 is 9.90 Å². The van der Waals surface area contributed by atoms with Crippen LogP contribution in [0.4, 0.5) is 0 Å². The summed E-state index contributed by atoms with van der Waals surface area (Å²) in [5.41, 5.74) is 1.43. The van der Waals surface area contributed by atoms with Gasteiger partial charge in [0.1, 0.15) is 0 Å². The van der Waals surface area contributed by atoms with Gasteiger partial charge in [0.2, 0.25) is 5.91 Å². The Morgan fingerprint density at radius 3 is 2.86 bits per heavy atom. The lowest BCUT2D eigenvalue weighted by molar-refractivity contribution is -0.123. The standard InChI is InChI=1S/C20H23N5O3/c1-24-11-14(10-22-24)19(13-8-15(26)9-13)23-18(27)6-7-25-12-21-17-5-3-2-4-16(17)20(25)28/h2-5,10-13,15,19,26H,6-9H2,1H3,(H,23,27). The van der Waals surface area contributed by atoms with Gasteiger partial charge in [-0.1, -0.05) is 12.1 Å². The second kappa shape index (κ2) is 7.55. The van der Waals surface area contributed by atoms with Crippen molar-refractivity contribution in [1.29, 1.82) is 0 Å². The molecular formula is C20H23N5O3. The third kappa shape index (κ3) is 3.68. The molecule has 8 nitrogen and oxygen atoms in total. The first-order valence-electron chi connectivity index (χ1n) is 9.41. The maximum Gasteiger partial charge on any atom is 0.261 e. The second-order valence-corrected chi connectivity index (χ2v) is 7.39. The molecule has 1 saturated carbocycles. The molecule has 1 aromatic carbocycles. The van der Waals surface area contributed by atoms with Gasteiger partial charge in [0.15, 0.2) is 0 Å². The molecule has 0 spiro atoms. The number of hydrogen-bond donors (Lipinski definition) is 2. The highest BCUT2D eigenvalue weighted by Crippen LogP contribution is 2.37. The molecule has 146 valence electrons. The number of aromatic nitrogens is 4. The summed E-state index contributed by atoms with van der Waals surface area (Å²) in [7, 11) is 1.83. The van der Waals surface area contributed by atoms with Crippen molar-refractivity contribution in [3.05, 3.63) is 58.9 Å². The summed E-state index contributed by atoms with van der Waals surface area (Å²) in [6.07, 6.45) is 6.30. The highest BCUT2D eigenvalue weighted by Gasteiger charge is 2.36. The molecular weight excluding hydrogens is 358 g/mol. The van der Waals surface area contributed by atoms with E-state index in [-0.39, 0.29) is 42.5 Å². The molecule has 0 saturated heterocycles. The molecule has 2 heterocycles. The van der Waals surface area contributed by atoms with Crippen LogP contribution >= 0.6 is 0 Å². The van der Waals surface area contributed by atoms with Gasteiger partial charge in [0.25, 0.3) is 5.56 Å². The third-order valence-corrected chi connectivity index (χ3v) is 5.33. The van der Waals surface area contributed by atoms with Crippen LogP contribution in [0, 0.1) is 5.92 Å². The predicted molar refractivity (Wildman–Crippen MR) is 103 cm³/mol. The van der Waals surface area contributed by atoms with Crippen LogP contribution in [0.15, 0.2) is 47.8 Å². The predicted octanol–water partition coefficient (Wildman–Crippen LogP) is 1.15. The fourth-order valence-electron chi connectivity index (χ4n) is 3.71. The van der Waals surface area contributed by atoms with Crippen molar-refractivity contribution in [1.82, 2.24) is 24.6 Å². The van der Waals surface area contributed by atoms with Crippen molar-refractivity contribution in [2.24, 2.45) is 13.0 Å². The molecule has 28 heavy (non-hydrogen) atoms. The van der Waals surface area contributed by atoms with Gasteiger partial charge in [-0.05, 0) is 30.9 Å². The Bertz CT molecular complexity index is 1050. The van der Waals surface area contributed by atoms with Gasteiger partial charge in [0.05, 0.1) is 35.6 Å². The zero-order chi connectivity index (χ0) is 19.7. The third-order valence-electron chi connectivity index (χ3n) is 5.33. The molecule has 1 aliphatic carbocycles. The van der Waals surface area contributed by atoms with Gasteiger partial charge in [-0.2, -0.15) is 5.10 Å². The first-order valence-corrected chi connectivity index (χ1v) is 9.41. The first kappa shape index (κ1) is 18.4. The second-order valence-electron chi connectivity index (χ2n) is 7.39. The van der Waals surface area contributed by atoms with Crippen molar-refractivity contribution in [3.63, 3.8) is 0 Å². The van der Waals surface area contributed by atoms with Gasteiger partial charge >= 0.3 is 0 Å².